The summed E-state index contributed by atoms with van der Waals surface area (Å²) in [6, 6.07) is 3.62. The molecule has 1 aromatic heterocycles. The van der Waals surface area contributed by atoms with Gasteiger partial charge < -0.3 is 37.1 Å². The SMILES string of the molecule is CC(NC(=O)C1CCCN1)C(=O)NC(Cc1c[nH]c2ccccc12)C(=O)NC(CCC(N)=O)C(=O)O. The average molecular weight is 501 g/mol. The fraction of sp³-hybridized carbons (Fsp3) is 0.458. The highest BCUT2D eigenvalue weighted by molar-refractivity contribution is 5.94. The van der Waals surface area contributed by atoms with E-state index < -0.39 is 41.8 Å². The normalized spacial score (nSPS) is 17.6. The van der Waals surface area contributed by atoms with Crippen molar-refractivity contribution in [2.45, 2.75) is 63.2 Å². The number of carboxylic acid groups (broad SMARTS) is 1. The van der Waals surface area contributed by atoms with Gasteiger partial charge in [-0.1, -0.05) is 18.2 Å². The number of primary amides is 1. The van der Waals surface area contributed by atoms with E-state index in [1.165, 1.54) is 6.92 Å². The molecule has 12 heteroatoms. The zero-order valence-electron chi connectivity index (χ0n) is 20.0. The fourth-order valence-electron chi connectivity index (χ4n) is 4.13. The zero-order valence-corrected chi connectivity index (χ0v) is 20.0. The molecule has 4 amide bonds. The van der Waals surface area contributed by atoms with Gasteiger partial charge in [-0.15, -0.1) is 0 Å². The van der Waals surface area contributed by atoms with Gasteiger partial charge in [0.2, 0.25) is 23.6 Å². The predicted molar refractivity (Wildman–Crippen MR) is 131 cm³/mol. The number of nitrogens with two attached hydrogens (primary N) is 1. The van der Waals surface area contributed by atoms with Crippen LogP contribution in [0.25, 0.3) is 10.9 Å². The fourth-order valence-corrected chi connectivity index (χ4v) is 4.13. The van der Waals surface area contributed by atoms with Crippen molar-refractivity contribution in [3.05, 3.63) is 36.0 Å². The molecule has 194 valence electrons. The van der Waals surface area contributed by atoms with Crippen molar-refractivity contribution in [1.82, 2.24) is 26.3 Å². The van der Waals surface area contributed by atoms with Crippen LogP contribution in [0.15, 0.2) is 30.5 Å². The number of carbonyl (C=O) groups is 5. The monoisotopic (exact) mass is 500 g/mol. The first-order chi connectivity index (χ1) is 17.2. The summed E-state index contributed by atoms with van der Waals surface area (Å²) < 4.78 is 0. The number of hydrogen-bond donors (Lipinski definition) is 7. The molecule has 36 heavy (non-hydrogen) atoms. The van der Waals surface area contributed by atoms with E-state index in [2.05, 4.69) is 26.3 Å². The van der Waals surface area contributed by atoms with Crippen LogP contribution in [0, 0.1) is 0 Å². The van der Waals surface area contributed by atoms with E-state index in [9.17, 15) is 29.1 Å². The predicted octanol–water partition coefficient (Wildman–Crippen LogP) is -0.713. The maximum atomic E-state index is 13.1. The number of amides is 4. The second-order valence-corrected chi connectivity index (χ2v) is 8.91. The lowest BCUT2D eigenvalue weighted by Gasteiger charge is -2.23. The number of carbonyl (C=O) groups excluding carboxylic acids is 4. The van der Waals surface area contributed by atoms with Gasteiger partial charge in [0.25, 0.3) is 0 Å². The van der Waals surface area contributed by atoms with Gasteiger partial charge in [0, 0.05) is 29.9 Å². The Balaban J connectivity index is 1.75. The Hall–Kier alpha value is -3.93. The molecule has 1 aromatic carbocycles. The molecule has 8 N–H and O–H groups in total. The Bertz CT molecular complexity index is 1130. The molecule has 12 nitrogen and oxygen atoms in total. The molecule has 3 rings (SSSR count). The molecule has 4 atom stereocenters. The molecule has 1 aliphatic rings. The van der Waals surface area contributed by atoms with Gasteiger partial charge in [-0.2, -0.15) is 0 Å². The Labute approximate surface area is 207 Å². The molecule has 1 fully saturated rings. The molecular weight excluding hydrogens is 468 g/mol. The number of benzene rings is 1. The van der Waals surface area contributed by atoms with Crippen molar-refractivity contribution in [2.24, 2.45) is 5.73 Å². The third-order valence-corrected chi connectivity index (χ3v) is 6.15. The number of para-hydroxylation sites is 1. The summed E-state index contributed by atoms with van der Waals surface area (Å²) in [5, 5.41) is 21.1. The summed E-state index contributed by atoms with van der Waals surface area (Å²) in [4.78, 5) is 64.3. The number of H-pyrrole nitrogens is 1. The van der Waals surface area contributed by atoms with Crippen molar-refractivity contribution < 1.29 is 29.1 Å². The molecule has 2 heterocycles. The minimum atomic E-state index is -1.36. The highest BCUT2D eigenvalue weighted by Gasteiger charge is 2.30. The number of aliphatic carboxylic acids is 1. The first kappa shape index (κ1) is 26.7. The summed E-state index contributed by atoms with van der Waals surface area (Å²) in [7, 11) is 0. The van der Waals surface area contributed by atoms with E-state index in [-0.39, 0.29) is 31.2 Å². The Morgan fingerprint density at radius 2 is 1.81 bits per heavy atom. The first-order valence-electron chi connectivity index (χ1n) is 11.9. The average Bonchev–Trinajstić information content (AvgIpc) is 3.51. The lowest BCUT2D eigenvalue weighted by molar-refractivity contribution is -0.142. The van der Waals surface area contributed by atoms with Crippen LogP contribution in [-0.4, -0.2) is 70.4 Å². The summed E-state index contributed by atoms with van der Waals surface area (Å²) in [6.07, 6.45) is 2.91. The van der Waals surface area contributed by atoms with Crippen LogP contribution in [0.5, 0.6) is 0 Å². The van der Waals surface area contributed by atoms with Crippen LogP contribution in [0.1, 0.15) is 38.2 Å². The van der Waals surface area contributed by atoms with Gasteiger partial charge in [0.15, 0.2) is 0 Å². The standard InChI is InChI=1S/C24H32N6O6/c1-13(28-22(33)17-7-4-10-26-17)21(32)30-19(11-14-12-27-16-6-3-2-5-15(14)16)23(34)29-18(24(35)36)8-9-20(25)31/h2-3,5-6,12-13,17-19,26-27H,4,7-11H2,1H3,(H2,25,31)(H,28,33)(H,29,34)(H,30,32)(H,35,36). The van der Waals surface area contributed by atoms with Crippen LogP contribution >= 0.6 is 0 Å². The van der Waals surface area contributed by atoms with E-state index in [0.29, 0.717) is 6.42 Å². The quantitative estimate of drug-likeness (QED) is 0.200. The van der Waals surface area contributed by atoms with Gasteiger partial charge >= 0.3 is 5.97 Å². The molecule has 0 aliphatic carbocycles. The van der Waals surface area contributed by atoms with Gasteiger partial charge in [0.05, 0.1) is 6.04 Å². The number of aromatic nitrogens is 1. The largest absolute Gasteiger partial charge is 0.480 e. The highest BCUT2D eigenvalue weighted by Crippen LogP contribution is 2.19. The molecule has 1 aliphatic heterocycles. The van der Waals surface area contributed by atoms with Crippen LogP contribution in [0.4, 0.5) is 0 Å². The zero-order chi connectivity index (χ0) is 26.2. The molecule has 4 unspecified atom stereocenters. The topological polar surface area (TPSA) is 196 Å². The molecular formula is C24H32N6O6. The van der Waals surface area contributed by atoms with E-state index >= 15 is 0 Å². The number of carboxylic acids is 1. The van der Waals surface area contributed by atoms with Gasteiger partial charge in [-0.05, 0) is 44.4 Å². The van der Waals surface area contributed by atoms with Gasteiger partial charge in [-0.3, -0.25) is 19.2 Å². The lowest BCUT2D eigenvalue weighted by Crippen LogP contribution is -2.56. The van der Waals surface area contributed by atoms with Crippen LogP contribution in [0.3, 0.4) is 0 Å². The maximum absolute atomic E-state index is 13.1. The van der Waals surface area contributed by atoms with Crippen LogP contribution in [-0.2, 0) is 30.4 Å². The second kappa shape index (κ2) is 12.2. The summed E-state index contributed by atoms with van der Waals surface area (Å²) >= 11 is 0. The van der Waals surface area contributed by atoms with Gasteiger partial charge in [0.1, 0.15) is 18.1 Å². The lowest BCUT2D eigenvalue weighted by atomic mass is 10.0. The molecule has 0 radical (unpaired) electrons. The molecule has 2 aromatic rings. The van der Waals surface area contributed by atoms with Gasteiger partial charge in [-0.25, -0.2) is 4.79 Å². The smallest absolute Gasteiger partial charge is 0.326 e. The third-order valence-electron chi connectivity index (χ3n) is 6.15. The van der Waals surface area contributed by atoms with Crippen LogP contribution < -0.4 is 27.0 Å². The van der Waals surface area contributed by atoms with Crippen molar-refractivity contribution >= 4 is 40.5 Å². The van der Waals surface area contributed by atoms with Crippen LogP contribution in [0.2, 0.25) is 0 Å². The number of nitrogens with one attached hydrogen (secondary N) is 5. The molecule has 0 bridgehead atoms. The Morgan fingerprint density at radius 3 is 2.47 bits per heavy atom. The minimum Gasteiger partial charge on any atom is -0.480 e. The van der Waals surface area contributed by atoms with E-state index in [1.54, 1.807) is 6.20 Å². The first-order valence-corrected chi connectivity index (χ1v) is 11.9. The Morgan fingerprint density at radius 1 is 1.08 bits per heavy atom. The third kappa shape index (κ3) is 7.04. The second-order valence-electron chi connectivity index (χ2n) is 8.91. The van der Waals surface area contributed by atoms with Crippen molar-refractivity contribution in [3.63, 3.8) is 0 Å². The van der Waals surface area contributed by atoms with E-state index in [0.717, 1.165) is 29.4 Å². The number of hydrogen-bond acceptors (Lipinski definition) is 6. The maximum Gasteiger partial charge on any atom is 0.326 e. The number of fused-ring (bicyclic) bond motifs is 1. The Kier molecular flexibility index (Phi) is 9.01. The van der Waals surface area contributed by atoms with Crippen molar-refractivity contribution in [1.29, 1.82) is 0 Å². The molecule has 0 spiro atoms. The summed E-state index contributed by atoms with van der Waals surface area (Å²) in [5.41, 5.74) is 6.69. The molecule has 1 saturated heterocycles. The van der Waals surface area contributed by atoms with Crippen molar-refractivity contribution in [2.75, 3.05) is 6.54 Å². The summed E-state index contributed by atoms with van der Waals surface area (Å²) in [6.45, 7) is 2.24. The van der Waals surface area contributed by atoms with E-state index in [1.807, 2.05) is 24.3 Å². The molecule has 0 saturated carbocycles. The highest BCUT2D eigenvalue weighted by atomic mass is 16.4. The van der Waals surface area contributed by atoms with E-state index in [4.69, 9.17) is 5.73 Å². The minimum absolute atomic E-state index is 0.0641. The summed E-state index contributed by atoms with van der Waals surface area (Å²) in [5.74, 6) is -3.65. The number of aromatic amines is 1. The number of rotatable bonds is 12. The van der Waals surface area contributed by atoms with Crippen molar-refractivity contribution in [3.8, 4) is 0 Å².